The van der Waals surface area contributed by atoms with Crippen molar-refractivity contribution in [2.75, 3.05) is 14.1 Å². The highest BCUT2D eigenvalue weighted by Gasteiger charge is 2.18. The minimum absolute atomic E-state index is 0.181. The first-order chi connectivity index (χ1) is 4.06. The lowest BCUT2D eigenvalue weighted by Crippen LogP contribution is -2.38. The topological polar surface area (TPSA) is 3.24 Å². The molecule has 1 nitrogen and oxygen atoms in total. The van der Waals surface area contributed by atoms with Crippen molar-refractivity contribution in [2.24, 2.45) is 0 Å². The maximum atomic E-state index is 3.78. The van der Waals surface area contributed by atoms with Crippen LogP contribution in [-0.4, -0.2) is 24.5 Å². The van der Waals surface area contributed by atoms with Crippen molar-refractivity contribution in [3.05, 3.63) is 12.7 Å². The van der Waals surface area contributed by atoms with Crippen molar-refractivity contribution in [3.63, 3.8) is 0 Å². The number of hydrogen-bond acceptors (Lipinski definition) is 1. The van der Waals surface area contributed by atoms with Crippen LogP contribution in [0.4, 0.5) is 0 Å². The van der Waals surface area contributed by atoms with Gasteiger partial charge in [0.25, 0.3) is 0 Å². The molecule has 0 aliphatic carbocycles. The fourth-order valence-electron chi connectivity index (χ4n) is 0.643. The summed E-state index contributed by atoms with van der Waals surface area (Å²) in [5, 5.41) is 0. The molecule has 0 spiro atoms. The van der Waals surface area contributed by atoms with Gasteiger partial charge >= 0.3 is 0 Å². The van der Waals surface area contributed by atoms with E-state index in [-0.39, 0.29) is 5.54 Å². The standard InChI is InChI=1S/C8H17N/c1-6-8(3,7-2)9(4)5/h6H,1,7H2,2-5H3. The van der Waals surface area contributed by atoms with Crippen molar-refractivity contribution in [2.45, 2.75) is 25.8 Å². The van der Waals surface area contributed by atoms with E-state index in [9.17, 15) is 0 Å². The molecule has 0 saturated heterocycles. The van der Waals surface area contributed by atoms with E-state index in [0.29, 0.717) is 0 Å². The van der Waals surface area contributed by atoms with Crippen LogP contribution in [0.3, 0.4) is 0 Å². The van der Waals surface area contributed by atoms with Crippen LogP contribution in [0.25, 0.3) is 0 Å². The fraction of sp³-hybridized carbons (Fsp3) is 0.750. The van der Waals surface area contributed by atoms with E-state index in [1.807, 2.05) is 6.08 Å². The van der Waals surface area contributed by atoms with E-state index in [4.69, 9.17) is 0 Å². The van der Waals surface area contributed by atoms with Gasteiger partial charge in [-0.2, -0.15) is 0 Å². The fourth-order valence-corrected chi connectivity index (χ4v) is 0.643. The molecule has 0 fully saturated rings. The van der Waals surface area contributed by atoms with E-state index in [2.05, 4.69) is 39.4 Å². The second kappa shape index (κ2) is 3.02. The van der Waals surface area contributed by atoms with Crippen LogP contribution in [0, 0.1) is 0 Å². The largest absolute Gasteiger partial charge is 0.301 e. The van der Waals surface area contributed by atoms with Gasteiger partial charge < -0.3 is 4.90 Å². The molecule has 0 rings (SSSR count). The Hall–Kier alpha value is -0.300. The number of likely N-dealkylation sites (N-methyl/N-ethyl adjacent to an activating group) is 1. The van der Waals surface area contributed by atoms with Crippen molar-refractivity contribution >= 4 is 0 Å². The van der Waals surface area contributed by atoms with Gasteiger partial charge in [-0.15, -0.1) is 6.58 Å². The van der Waals surface area contributed by atoms with Crippen LogP contribution < -0.4 is 0 Å². The summed E-state index contributed by atoms with van der Waals surface area (Å²) in [6, 6.07) is 0. The number of hydrogen-bond donors (Lipinski definition) is 0. The minimum atomic E-state index is 0.181. The highest BCUT2D eigenvalue weighted by molar-refractivity contribution is 4.97. The lowest BCUT2D eigenvalue weighted by molar-refractivity contribution is 0.223. The average Bonchev–Trinajstić information content (AvgIpc) is 1.86. The Bertz CT molecular complexity index is 96.7. The molecule has 0 amide bonds. The SMILES string of the molecule is C=CC(C)(CC)N(C)C. The first kappa shape index (κ1) is 8.70. The predicted molar refractivity (Wildman–Crippen MR) is 42.6 cm³/mol. The minimum Gasteiger partial charge on any atom is -0.301 e. The Morgan fingerprint density at radius 1 is 1.56 bits per heavy atom. The van der Waals surface area contributed by atoms with Gasteiger partial charge in [0.2, 0.25) is 0 Å². The molecule has 0 aromatic heterocycles. The summed E-state index contributed by atoms with van der Waals surface area (Å²) < 4.78 is 0. The second-order valence-electron chi connectivity index (χ2n) is 2.81. The molecule has 1 heteroatoms. The lowest BCUT2D eigenvalue weighted by Gasteiger charge is -2.31. The molecule has 0 aromatic carbocycles. The van der Waals surface area contributed by atoms with Crippen molar-refractivity contribution in [1.82, 2.24) is 4.90 Å². The van der Waals surface area contributed by atoms with Gasteiger partial charge in [-0.25, -0.2) is 0 Å². The average molecular weight is 127 g/mol. The number of nitrogens with zero attached hydrogens (tertiary/aromatic N) is 1. The molecule has 1 atom stereocenters. The molecular formula is C8H17N. The molecule has 0 aliphatic heterocycles. The third kappa shape index (κ3) is 1.83. The van der Waals surface area contributed by atoms with E-state index >= 15 is 0 Å². The van der Waals surface area contributed by atoms with Crippen molar-refractivity contribution in [1.29, 1.82) is 0 Å². The summed E-state index contributed by atoms with van der Waals surface area (Å²) in [5.41, 5.74) is 0.181. The maximum absolute atomic E-state index is 3.78. The molecule has 0 radical (unpaired) electrons. The zero-order valence-electron chi connectivity index (χ0n) is 6.94. The first-order valence-electron chi connectivity index (χ1n) is 3.38. The molecule has 0 aliphatic rings. The molecule has 9 heavy (non-hydrogen) atoms. The molecule has 0 bridgehead atoms. The normalized spacial score (nSPS) is 17.4. The maximum Gasteiger partial charge on any atom is 0.0351 e. The molecule has 54 valence electrons. The highest BCUT2D eigenvalue weighted by Crippen LogP contribution is 2.15. The van der Waals surface area contributed by atoms with Crippen LogP contribution in [0.1, 0.15) is 20.3 Å². The van der Waals surface area contributed by atoms with Crippen LogP contribution in [0.2, 0.25) is 0 Å². The second-order valence-corrected chi connectivity index (χ2v) is 2.81. The molecule has 0 saturated carbocycles. The summed E-state index contributed by atoms with van der Waals surface area (Å²) in [6.45, 7) is 8.13. The first-order valence-corrected chi connectivity index (χ1v) is 3.38. The van der Waals surface area contributed by atoms with E-state index < -0.39 is 0 Å². The summed E-state index contributed by atoms with van der Waals surface area (Å²) in [7, 11) is 4.15. The summed E-state index contributed by atoms with van der Waals surface area (Å²) in [5.74, 6) is 0. The number of rotatable bonds is 3. The van der Waals surface area contributed by atoms with Gasteiger partial charge in [-0.3, -0.25) is 0 Å². The summed E-state index contributed by atoms with van der Waals surface area (Å²) in [4.78, 5) is 2.18. The Kier molecular flexibility index (Phi) is 2.92. The monoisotopic (exact) mass is 127 g/mol. The van der Waals surface area contributed by atoms with Crippen molar-refractivity contribution < 1.29 is 0 Å². The Labute approximate surface area is 58.4 Å². The van der Waals surface area contributed by atoms with Gasteiger partial charge in [-0.1, -0.05) is 13.0 Å². The quantitative estimate of drug-likeness (QED) is 0.523. The van der Waals surface area contributed by atoms with Gasteiger partial charge in [-0.05, 0) is 27.4 Å². The lowest BCUT2D eigenvalue weighted by atomic mass is 9.98. The van der Waals surface area contributed by atoms with Crippen LogP contribution in [-0.2, 0) is 0 Å². The molecule has 0 heterocycles. The summed E-state index contributed by atoms with van der Waals surface area (Å²) in [6.07, 6.45) is 3.11. The van der Waals surface area contributed by atoms with E-state index in [1.165, 1.54) is 0 Å². The highest BCUT2D eigenvalue weighted by atomic mass is 15.1. The van der Waals surface area contributed by atoms with Crippen molar-refractivity contribution in [3.8, 4) is 0 Å². The third-order valence-electron chi connectivity index (χ3n) is 2.18. The van der Waals surface area contributed by atoms with Crippen LogP contribution >= 0.6 is 0 Å². The van der Waals surface area contributed by atoms with E-state index in [0.717, 1.165) is 6.42 Å². The zero-order valence-corrected chi connectivity index (χ0v) is 6.94. The van der Waals surface area contributed by atoms with Gasteiger partial charge in [0.15, 0.2) is 0 Å². The van der Waals surface area contributed by atoms with Gasteiger partial charge in [0.05, 0.1) is 0 Å². The molecule has 0 N–H and O–H groups in total. The van der Waals surface area contributed by atoms with Crippen LogP contribution in [0.5, 0.6) is 0 Å². The Balaban J connectivity index is 4.08. The zero-order chi connectivity index (χ0) is 7.49. The van der Waals surface area contributed by atoms with Gasteiger partial charge in [0, 0.05) is 5.54 Å². The molecular weight excluding hydrogens is 110 g/mol. The molecule has 1 unspecified atom stereocenters. The Morgan fingerprint density at radius 3 is 2.00 bits per heavy atom. The van der Waals surface area contributed by atoms with Gasteiger partial charge in [0.1, 0.15) is 0 Å². The Morgan fingerprint density at radius 2 is 2.00 bits per heavy atom. The van der Waals surface area contributed by atoms with E-state index in [1.54, 1.807) is 0 Å². The predicted octanol–water partition coefficient (Wildman–Crippen LogP) is 1.90. The smallest absolute Gasteiger partial charge is 0.0351 e. The molecule has 0 aromatic rings. The third-order valence-corrected chi connectivity index (χ3v) is 2.18. The summed E-state index contributed by atoms with van der Waals surface area (Å²) >= 11 is 0. The van der Waals surface area contributed by atoms with Crippen LogP contribution in [0.15, 0.2) is 12.7 Å².